The summed E-state index contributed by atoms with van der Waals surface area (Å²) in [5.41, 5.74) is 0.449. The van der Waals surface area contributed by atoms with Crippen molar-refractivity contribution in [3.8, 4) is 11.5 Å². The Morgan fingerprint density at radius 2 is 2.21 bits per heavy atom. The Morgan fingerprint density at radius 3 is 3.00 bits per heavy atom. The average Bonchev–Trinajstić information content (AvgIpc) is 2.64. The molecule has 0 radical (unpaired) electrons. The molecule has 1 amide bonds. The molecule has 0 aliphatic carbocycles. The quantitative estimate of drug-likeness (QED) is 0.858. The molecule has 0 saturated heterocycles. The van der Waals surface area contributed by atoms with Crippen molar-refractivity contribution >= 4 is 17.5 Å². The van der Waals surface area contributed by atoms with Crippen LogP contribution in [-0.2, 0) is 4.74 Å². The van der Waals surface area contributed by atoms with E-state index in [0.29, 0.717) is 48.5 Å². The van der Waals surface area contributed by atoms with E-state index in [1.165, 1.54) is 0 Å². The topological polar surface area (TPSA) is 56.8 Å². The number of ether oxygens (including phenoxy) is 3. The van der Waals surface area contributed by atoms with Crippen molar-refractivity contribution in [2.75, 3.05) is 33.5 Å². The summed E-state index contributed by atoms with van der Waals surface area (Å²) in [6.45, 7) is 2.02. The van der Waals surface area contributed by atoms with E-state index in [0.717, 1.165) is 6.42 Å². The first-order chi connectivity index (χ1) is 9.22. The maximum atomic E-state index is 11.9. The molecule has 1 aliphatic heterocycles. The number of halogens is 1. The number of carbonyl (C=O) groups is 1. The molecule has 1 aromatic carbocycles. The number of amides is 1. The van der Waals surface area contributed by atoms with Crippen molar-refractivity contribution in [1.82, 2.24) is 5.32 Å². The maximum absolute atomic E-state index is 11.9. The van der Waals surface area contributed by atoms with Gasteiger partial charge in [-0.3, -0.25) is 4.79 Å². The maximum Gasteiger partial charge on any atom is 0.251 e. The Hall–Kier alpha value is -1.46. The van der Waals surface area contributed by atoms with Crippen LogP contribution in [0, 0.1) is 0 Å². The first kappa shape index (κ1) is 14.0. The number of methoxy groups -OCH3 is 1. The summed E-state index contributed by atoms with van der Waals surface area (Å²) in [4.78, 5) is 11.9. The molecule has 0 atom stereocenters. The monoisotopic (exact) mass is 285 g/mol. The van der Waals surface area contributed by atoms with E-state index < -0.39 is 0 Å². The largest absolute Gasteiger partial charge is 0.489 e. The summed E-state index contributed by atoms with van der Waals surface area (Å²) in [5, 5.41) is 3.12. The third-order valence-corrected chi connectivity index (χ3v) is 2.94. The zero-order chi connectivity index (χ0) is 13.7. The molecular formula is C13H16ClNO4. The summed E-state index contributed by atoms with van der Waals surface area (Å²) in [7, 11) is 1.58. The summed E-state index contributed by atoms with van der Waals surface area (Å²) in [5.74, 6) is 0.809. The van der Waals surface area contributed by atoms with E-state index in [2.05, 4.69) is 5.32 Å². The highest BCUT2D eigenvalue weighted by molar-refractivity contribution is 6.32. The van der Waals surface area contributed by atoms with Gasteiger partial charge in [0.2, 0.25) is 0 Å². The minimum absolute atomic E-state index is 0.213. The number of benzene rings is 1. The first-order valence-electron chi connectivity index (χ1n) is 6.08. The molecule has 1 aliphatic rings. The number of hydrogen-bond acceptors (Lipinski definition) is 4. The number of fused-ring (bicyclic) bond motifs is 1. The molecule has 104 valence electrons. The van der Waals surface area contributed by atoms with Gasteiger partial charge in [0.1, 0.15) is 0 Å². The van der Waals surface area contributed by atoms with Crippen LogP contribution in [-0.4, -0.2) is 39.4 Å². The van der Waals surface area contributed by atoms with Crippen LogP contribution >= 0.6 is 11.6 Å². The highest BCUT2D eigenvalue weighted by Crippen LogP contribution is 2.37. The van der Waals surface area contributed by atoms with Crippen LogP contribution < -0.4 is 14.8 Å². The fraction of sp³-hybridized carbons (Fsp3) is 0.462. The molecule has 0 spiro atoms. The molecule has 0 bridgehead atoms. The molecule has 19 heavy (non-hydrogen) atoms. The number of hydrogen-bond donors (Lipinski definition) is 1. The molecule has 2 rings (SSSR count). The molecule has 1 N–H and O–H groups in total. The molecule has 0 fully saturated rings. The Bertz CT molecular complexity index is 464. The molecule has 1 aromatic rings. The smallest absolute Gasteiger partial charge is 0.251 e. The van der Waals surface area contributed by atoms with E-state index in [1.807, 2.05) is 0 Å². The molecule has 0 unspecified atom stereocenters. The van der Waals surface area contributed by atoms with Gasteiger partial charge in [0.05, 0.1) is 24.8 Å². The second kappa shape index (κ2) is 6.63. The molecule has 5 nitrogen and oxygen atoms in total. The normalized spacial score (nSPS) is 13.8. The van der Waals surface area contributed by atoms with Crippen molar-refractivity contribution in [3.63, 3.8) is 0 Å². The summed E-state index contributed by atoms with van der Waals surface area (Å²) >= 11 is 6.12. The van der Waals surface area contributed by atoms with Gasteiger partial charge >= 0.3 is 0 Å². The minimum atomic E-state index is -0.213. The van der Waals surface area contributed by atoms with E-state index in [-0.39, 0.29) is 5.91 Å². The second-order valence-electron chi connectivity index (χ2n) is 4.08. The average molecular weight is 286 g/mol. The van der Waals surface area contributed by atoms with Gasteiger partial charge in [-0.1, -0.05) is 11.6 Å². The van der Waals surface area contributed by atoms with Crippen LogP contribution in [0.3, 0.4) is 0 Å². The Kier molecular flexibility index (Phi) is 4.87. The van der Waals surface area contributed by atoms with Crippen molar-refractivity contribution in [2.24, 2.45) is 0 Å². The summed E-state index contributed by atoms with van der Waals surface area (Å²) < 4.78 is 15.9. The zero-order valence-electron chi connectivity index (χ0n) is 10.7. The molecule has 0 aromatic heterocycles. The first-order valence-corrected chi connectivity index (χ1v) is 6.46. The van der Waals surface area contributed by atoms with Crippen LogP contribution in [0.4, 0.5) is 0 Å². The van der Waals surface area contributed by atoms with Crippen molar-refractivity contribution < 1.29 is 19.0 Å². The van der Waals surface area contributed by atoms with Gasteiger partial charge in [-0.2, -0.15) is 0 Å². The van der Waals surface area contributed by atoms with Crippen molar-refractivity contribution in [1.29, 1.82) is 0 Å². The van der Waals surface area contributed by atoms with Gasteiger partial charge in [0.25, 0.3) is 5.91 Å². The van der Waals surface area contributed by atoms with Crippen molar-refractivity contribution in [2.45, 2.75) is 6.42 Å². The van der Waals surface area contributed by atoms with Crippen LogP contribution in [0.5, 0.6) is 11.5 Å². The van der Waals surface area contributed by atoms with Crippen LogP contribution in [0.15, 0.2) is 12.1 Å². The number of carbonyl (C=O) groups excluding carboxylic acids is 1. The lowest BCUT2D eigenvalue weighted by Crippen LogP contribution is -2.26. The highest BCUT2D eigenvalue weighted by Gasteiger charge is 2.18. The van der Waals surface area contributed by atoms with Crippen LogP contribution in [0.2, 0.25) is 5.02 Å². The van der Waals surface area contributed by atoms with E-state index in [4.69, 9.17) is 25.8 Å². The Labute approximate surface area is 116 Å². The third kappa shape index (κ3) is 3.52. The zero-order valence-corrected chi connectivity index (χ0v) is 11.5. The lowest BCUT2D eigenvalue weighted by atomic mass is 10.2. The van der Waals surface area contributed by atoms with Gasteiger partial charge in [-0.15, -0.1) is 0 Å². The molecule has 0 saturated carbocycles. The fourth-order valence-corrected chi connectivity index (χ4v) is 2.00. The van der Waals surface area contributed by atoms with Gasteiger partial charge in [0.15, 0.2) is 11.5 Å². The fourth-order valence-electron chi connectivity index (χ4n) is 1.73. The SMILES string of the molecule is COCCNC(=O)c1cc(Cl)c2c(c1)OCCCO2. The molecular weight excluding hydrogens is 270 g/mol. The lowest BCUT2D eigenvalue weighted by molar-refractivity contribution is 0.0936. The van der Waals surface area contributed by atoms with Gasteiger partial charge in [-0.05, 0) is 12.1 Å². The highest BCUT2D eigenvalue weighted by atomic mass is 35.5. The minimum Gasteiger partial charge on any atom is -0.489 e. The van der Waals surface area contributed by atoms with Gasteiger partial charge < -0.3 is 19.5 Å². The van der Waals surface area contributed by atoms with E-state index in [1.54, 1.807) is 19.2 Å². The third-order valence-electron chi connectivity index (χ3n) is 2.66. The number of nitrogens with one attached hydrogen (secondary N) is 1. The lowest BCUT2D eigenvalue weighted by Gasteiger charge is -2.11. The van der Waals surface area contributed by atoms with E-state index >= 15 is 0 Å². The Balaban J connectivity index is 2.16. The van der Waals surface area contributed by atoms with Gasteiger partial charge in [0, 0.05) is 25.6 Å². The molecule has 6 heteroatoms. The standard InChI is InChI=1S/C13H16ClNO4/c1-17-6-3-15-13(16)9-7-10(14)12-11(8-9)18-4-2-5-19-12/h7-8H,2-6H2,1H3,(H,15,16). The number of rotatable bonds is 4. The van der Waals surface area contributed by atoms with E-state index in [9.17, 15) is 4.79 Å². The predicted octanol–water partition coefficient (Wildman–Crippen LogP) is 1.88. The van der Waals surface area contributed by atoms with Crippen molar-refractivity contribution in [3.05, 3.63) is 22.7 Å². The van der Waals surface area contributed by atoms with Gasteiger partial charge in [-0.25, -0.2) is 0 Å². The van der Waals surface area contributed by atoms with Crippen LogP contribution in [0.25, 0.3) is 0 Å². The molecule has 1 heterocycles. The predicted molar refractivity (Wildman–Crippen MR) is 71.3 cm³/mol. The Morgan fingerprint density at radius 1 is 1.42 bits per heavy atom. The van der Waals surface area contributed by atoms with Crippen LogP contribution in [0.1, 0.15) is 16.8 Å². The summed E-state index contributed by atoms with van der Waals surface area (Å²) in [6.07, 6.45) is 0.792. The summed E-state index contributed by atoms with van der Waals surface area (Å²) in [6, 6.07) is 3.23. The second-order valence-corrected chi connectivity index (χ2v) is 4.49.